The van der Waals surface area contributed by atoms with E-state index in [-0.39, 0.29) is 17.1 Å². The van der Waals surface area contributed by atoms with Crippen molar-refractivity contribution in [3.05, 3.63) is 83.9 Å². The van der Waals surface area contributed by atoms with E-state index in [2.05, 4.69) is 10.5 Å². The molecule has 0 aliphatic rings. The van der Waals surface area contributed by atoms with E-state index >= 15 is 0 Å². The van der Waals surface area contributed by atoms with Crippen LogP contribution in [0.4, 0.5) is 0 Å². The zero-order valence-corrected chi connectivity index (χ0v) is 14.3. The van der Waals surface area contributed by atoms with Gasteiger partial charge in [0.1, 0.15) is 11.5 Å². The average molecular weight is 356 g/mol. The molecule has 0 aliphatic heterocycles. The van der Waals surface area contributed by atoms with E-state index in [1.165, 1.54) is 6.21 Å². The van der Waals surface area contributed by atoms with Crippen molar-refractivity contribution in [2.24, 2.45) is 5.10 Å². The molecule has 3 N–H and O–H groups in total. The van der Waals surface area contributed by atoms with Crippen molar-refractivity contribution >= 4 is 33.7 Å². The van der Waals surface area contributed by atoms with Crippen molar-refractivity contribution in [2.45, 2.75) is 0 Å². The summed E-state index contributed by atoms with van der Waals surface area (Å²) in [5, 5.41) is 27.7. The summed E-state index contributed by atoms with van der Waals surface area (Å²) in [6.07, 6.45) is 1.37. The van der Waals surface area contributed by atoms with Gasteiger partial charge in [0.2, 0.25) is 0 Å². The number of aromatic hydroxyl groups is 2. The van der Waals surface area contributed by atoms with Crippen LogP contribution in [0.2, 0.25) is 0 Å². The molecule has 5 heteroatoms. The maximum Gasteiger partial charge on any atom is 0.275 e. The van der Waals surface area contributed by atoms with Gasteiger partial charge in [-0.3, -0.25) is 4.79 Å². The lowest BCUT2D eigenvalue weighted by atomic mass is 10.1. The normalized spacial score (nSPS) is 11.3. The Kier molecular flexibility index (Phi) is 4.18. The number of hydrogen-bond acceptors (Lipinski definition) is 4. The molecule has 4 aromatic rings. The minimum atomic E-state index is -0.533. The third-order valence-corrected chi connectivity index (χ3v) is 4.41. The number of carbonyl (C=O) groups is 1. The smallest absolute Gasteiger partial charge is 0.275 e. The summed E-state index contributed by atoms with van der Waals surface area (Å²) in [7, 11) is 0. The van der Waals surface area contributed by atoms with E-state index in [1.807, 2.05) is 54.6 Å². The van der Waals surface area contributed by atoms with Crippen molar-refractivity contribution in [3.8, 4) is 11.5 Å². The van der Waals surface area contributed by atoms with Crippen LogP contribution >= 0.6 is 0 Å². The lowest BCUT2D eigenvalue weighted by Gasteiger charge is -2.06. The Bertz CT molecular complexity index is 1200. The Hall–Kier alpha value is -3.86. The summed E-state index contributed by atoms with van der Waals surface area (Å²) >= 11 is 0. The highest BCUT2D eigenvalue weighted by atomic mass is 16.3. The maximum atomic E-state index is 12.3. The summed E-state index contributed by atoms with van der Waals surface area (Å²) in [6.45, 7) is 0. The summed E-state index contributed by atoms with van der Waals surface area (Å²) in [5.41, 5.74) is 3.00. The first-order chi connectivity index (χ1) is 13.1. The van der Waals surface area contributed by atoms with Crippen molar-refractivity contribution in [2.75, 3.05) is 0 Å². The highest BCUT2D eigenvalue weighted by Crippen LogP contribution is 2.27. The van der Waals surface area contributed by atoms with Crippen molar-refractivity contribution in [1.82, 2.24) is 5.43 Å². The third kappa shape index (κ3) is 3.18. The number of phenolic OH excluding ortho intramolecular Hbond substituents is 2. The van der Waals surface area contributed by atoms with Crippen LogP contribution in [0.5, 0.6) is 11.5 Å². The van der Waals surface area contributed by atoms with Gasteiger partial charge in [-0.15, -0.1) is 0 Å². The second-order valence-electron chi connectivity index (χ2n) is 6.14. The van der Waals surface area contributed by atoms with Gasteiger partial charge in [-0.1, -0.05) is 54.6 Å². The number of nitrogens with one attached hydrogen (secondary N) is 1. The van der Waals surface area contributed by atoms with Crippen LogP contribution in [0.1, 0.15) is 15.9 Å². The zero-order valence-electron chi connectivity index (χ0n) is 14.3. The second-order valence-corrected chi connectivity index (χ2v) is 6.14. The molecule has 0 radical (unpaired) electrons. The average Bonchev–Trinajstić information content (AvgIpc) is 2.69. The molecule has 0 spiro atoms. The molecule has 0 unspecified atom stereocenters. The molecule has 1 amide bonds. The van der Waals surface area contributed by atoms with Gasteiger partial charge in [-0.2, -0.15) is 5.10 Å². The second kappa shape index (κ2) is 6.80. The van der Waals surface area contributed by atoms with Crippen LogP contribution in [0.25, 0.3) is 21.5 Å². The molecular weight excluding hydrogens is 340 g/mol. The molecule has 5 nitrogen and oxygen atoms in total. The molecule has 4 aromatic carbocycles. The Morgan fingerprint density at radius 1 is 0.852 bits per heavy atom. The fourth-order valence-corrected chi connectivity index (χ4v) is 3.01. The molecule has 0 heterocycles. The number of hydrogen-bond donors (Lipinski definition) is 3. The predicted octanol–water partition coefficient (Wildman–Crippen LogP) is 4.17. The van der Waals surface area contributed by atoms with E-state index in [4.69, 9.17) is 0 Å². The van der Waals surface area contributed by atoms with Crippen LogP contribution in [-0.4, -0.2) is 22.3 Å². The van der Waals surface area contributed by atoms with Crippen molar-refractivity contribution in [3.63, 3.8) is 0 Å². The molecule has 132 valence electrons. The fraction of sp³-hybridized carbons (Fsp3) is 0. The van der Waals surface area contributed by atoms with Gasteiger partial charge in [0.15, 0.2) is 0 Å². The molecule has 0 saturated heterocycles. The van der Waals surface area contributed by atoms with E-state index in [0.29, 0.717) is 10.9 Å². The molecule has 0 bridgehead atoms. The van der Waals surface area contributed by atoms with Gasteiger partial charge in [-0.25, -0.2) is 5.43 Å². The summed E-state index contributed by atoms with van der Waals surface area (Å²) in [5.74, 6) is -0.551. The lowest BCUT2D eigenvalue weighted by Crippen LogP contribution is -2.17. The highest BCUT2D eigenvalue weighted by molar-refractivity contribution is 6.02. The van der Waals surface area contributed by atoms with Crippen LogP contribution in [-0.2, 0) is 0 Å². The van der Waals surface area contributed by atoms with E-state index in [9.17, 15) is 15.0 Å². The topological polar surface area (TPSA) is 81.9 Å². The van der Waals surface area contributed by atoms with Crippen molar-refractivity contribution in [1.29, 1.82) is 0 Å². The van der Waals surface area contributed by atoms with E-state index in [0.717, 1.165) is 16.2 Å². The number of nitrogens with zero attached hydrogens (tertiary/aromatic N) is 1. The summed E-state index contributed by atoms with van der Waals surface area (Å²) in [6, 6.07) is 21.6. The molecule has 4 rings (SSSR count). The number of phenols is 2. The highest BCUT2D eigenvalue weighted by Gasteiger charge is 2.12. The Balaban J connectivity index is 1.57. The number of carbonyl (C=O) groups excluding carboxylic acids is 1. The Morgan fingerprint density at radius 3 is 2.30 bits per heavy atom. The molecule has 0 atom stereocenters. The summed E-state index contributed by atoms with van der Waals surface area (Å²) < 4.78 is 0. The van der Waals surface area contributed by atoms with Gasteiger partial charge in [0, 0.05) is 10.9 Å². The first-order valence-electron chi connectivity index (χ1n) is 8.39. The van der Waals surface area contributed by atoms with Crippen LogP contribution in [0.3, 0.4) is 0 Å². The standard InChI is InChI=1S/C22H16N2O3/c25-20-12-16-7-2-1-6-15(16)11-19(20)22(27)24-23-13-17-10-9-14-5-3-4-8-18(14)21(17)26/h1-13,25-26H,(H,24,27). The zero-order chi connectivity index (χ0) is 18.8. The Labute approximate surface area is 155 Å². The van der Waals surface area contributed by atoms with Gasteiger partial charge >= 0.3 is 0 Å². The first kappa shape index (κ1) is 16.6. The molecule has 0 saturated carbocycles. The van der Waals surface area contributed by atoms with Crippen LogP contribution in [0.15, 0.2) is 77.9 Å². The monoisotopic (exact) mass is 356 g/mol. The third-order valence-electron chi connectivity index (χ3n) is 4.41. The van der Waals surface area contributed by atoms with Crippen LogP contribution < -0.4 is 5.43 Å². The largest absolute Gasteiger partial charge is 0.507 e. The first-order valence-corrected chi connectivity index (χ1v) is 8.39. The SMILES string of the molecule is O=C(NN=Cc1ccc2ccccc2c1O)c1cc2ccccc2cc1O. The van der Waals surface area contributed by atoms with Gasteiger partial charge < -0.3 is 10.2 Å². The van der Waals surface area contributed by atoms with Gasteiger partial charge in [0.25, 0.3) is 5.91 Å². The summed E-state index contributed by atoms with van der Waals surface area (Å²) in [4.78, 5) is 12.3. The minimum absolute atomic E-state index is 0.0969. The quantitative estimate of drug-likeness (QED) is 0.381. The van der Waals surface area contributed by atoms with E-state index in [1.54, 1.807) is 18.2 Å². The maximum absolute atomic E-state index is 12.3. The molecule has 0 aromatic heterocycles. The number of amides is 1. The Morgan fingerprint density at radius 2 is 1.52 bits per heavy atom. The number of fused-ring (bicyclic) bond motifs is 2. The molecule has 0 aliphatic carbocycles. The van der Waals surface area contributed by atoms with Crippen LogP contribution in [0, 0.1) is 0 Å². The lowest BCUT2D eigenvalue weighted by molar-refractivity contribution is 0.0952. The predicted molar refractivity (Wildman–Crippen MR) is 106 cm³/mol. The number of rotatable bonds is 3. The van der Waals surface area contributed by atoms with E-state index < -0.39 is 5.91 Å². The molecule has 0 fully saturated rings. The van der Waals surface area contributed by atoms with Gasteiger partial charge in [0.05, 0.1) is 11.8 Å². The fourth-order valence-electron chi connectivity index (χ4n) is 3.01. The minimum Gasteiger partial charge on any atom is -0.507 e. The molecule has 27 heavy (non-hydrogen) atoms. The number of benzene rings is 4. The molecular formula is C22H16N2O3. The number of hydrazone groups is 1. The van der Waals surface area contributed by atoms with Gasteiger partial charge in [-0.05, 0) is 34.4 Å². The van der Waals surface area contributed by atoms with Crippen molar-refractivity contribution < 1.29 is 15.0 Å².